The van der Waals surface area contributed by atoms with E-state index in [9.17, 15) is 4.79 Å². The molecule has 1 aliphatic rings. The zero-order valence-corrected chi connectivity index (χ0v) is 18.3. The third-order valence-electron chi connectivity index (χ3n) is 5.00. The van der Waals surface area contributed by atoms with E-state index in [-0.39, 0.29) is 5.91 Å². The van der Waals surface area contributed by atoms with E-state index in [4.69, 9.17) is 23.2 Å². The topological polar surface area (TPSA) is 47.9 Å². The second kappa shape index (κ2) is 9.99. The maximum atomic E-state index is 11.8. The molecular weight excluding hydrogens is 407 g/mol. The number of likely N-dealkylation sites (tertiary alicyclic amines) is 1. The first-order valence-corrected chi connectivity index (χ1v) is 10.4. The third kappa shape index (κ3) is 5.87. The Kier molecular flexibility index (Phi) is 7.40. The van der Waals surface area contributed by atoms with Crippen molar-refractivity contribution in [1.82, 2.24) is 15.1 Å². The molecule has 154 valence electrons. The first-order valence-electron chi connectivity index (χ1n) is 9.67. The number of benzene rings is 2. The summed E-state index contributed by atoms with van der Waals surface area (Å²) < 4.78 is 0. The van der Waals surface area contributed by atoms with Gasteiger partial charge < -0.3 is 15.1 Å². The third-order valence-corrected chi connectivity index (χ3v) is 5.73. The van der Waals surface area contributed by atoms with E-state index >= 15 is 0 Å². The molecule has 2 aromatic rings. The Labute approximate surface area is 182 Å². The van der Waals surface area contributed by atoms with Crippen molar-refractivity contribution in [2.75, 3.05) is 20.6 Å². The summed E-state index contributed by atoms with van der Waals surface area (Å²) in [4.78, 5) is 20.1. The molecule has 3 rings (SSSR count). The average Bonchev–Trinajstić information content (AvgIpc) is 3.11. The van der Waals surface area contributed by atoms with Crippen LogP contribution >= 0.6 is 23.2 Å². The SMILES string of the molecule is CN=C(NCc1ccc(CN2CCCC2=O)cc1)N(C)Cc1ccc(Cl)c(Cl)c1. The Balaban J connectivity index is 1.53. The molecule has 0 atom stereocenters. The normalized spacial score (nSPS) is 14.4. The first kappa shape index (κ1) is 21.5. The molecule has 0 aliphatic carbocycles. The minimum Gasteiger partial charge on any atom is -0.352 e. The van der Waals surface area contributed by atoms with Gasteiger partial charge >= 0.3 is 0 Å². The number of carbonyl (C=O) groups is 1. The molecule has 1 heterocycles. The van der Waals surface area contributed by atoms with Crippen molar-refractivity contribution in [3.63, 3.8) is 0 Å². The lowest BCUT2D eigenvalue weighted by atomic mass is 10.1. The smallest absolute Gasteiger partial charge is 0.222 e. The van der Waals surface area contributed by atoms with E-state index in [1.807, 2.05) is 29.0 Å². The summed E-state index contributed by atoms with van der Waals surface area (Å²) in [6.45, 7) is 2.89. The van der Waals surface area contributed by atoms with Gasteiger partial charge in [-0.05, 0) is 35.2 Å². The maximum Gasteiger partial charge on any atom is 0.222 e. The van der Waals surface area contributed by atoms with Crippen LogP contribution in [-0.4, -0.2) is 42.3 Å². The summed E-state index contributed by atoms with van der Waals surface area (Å²) in [7, 11) is 3.75. The summed E-state index contributed by atoms with van der Waals surface area (Å²) in [6, 6.07) is 14.0. The Morgan fingerprint density at radius 3 is 2.41 bits per heavy atom. The van der Waals surface area contributed by atoms with Crippen LogP contribution < -0.4 is 5.32 Å². The van der Waals surface area contributed by atoms with Gasteiger partial charge in [-0.25, -0.2) is 0 Å². The van der Waals surface area contributed by atoms with E-state index in [0.29, 0.717) is 36.1 Å². The van der Waals surface area contributed by atoms with Crippen LogP contribution in [-0.2, 0) is 24.4 Å². The van der Waals surface area contributed by atoms with Crippen LogP contribution in [0.2, 0.25) is 10.0 Å². The van der Waals surface area contributed by atoms with Crippen molar-refractivity contribution in [3.8, 4) is 0 Å². The zero-order chi connectivity index (χ0) is 20.8. The number of hydrogen-bond donors (Lipinski definition) is 1. The standard InChI is InChI=1S/C22H26Cl2N4O/c1-25-22(27(2)14-18-9-10-19(23)20(24)12-18)26-13-16-5-7-17(8-6-16)15-28-11-3-4-21(28)29/h5-10,12H,3-4,11,13-15H2,1-2H3,(H,25,26). The summed E-state index contributed by atoms with van der Waals surface area (Å²) in [5.74, 6) is 1.05. The number of carbonyl (C=O) groups excluding carboxylic acids is 1. The first-order chi connectivity index (χ1) is 14.0. The fourth-order valence-electron chi connectivity index (χ4n) is 3.41. The average molecular weight is 433 g/mol. The van der Waals surface area contributed by atoms with Crippen molar-refractivity contribution in [2.45, 2.75) is 32.5 Å². The zero-order valence-electron chi connectivity index (χ0n) is 16.8. The van der Waals surface area contributed by atoms with Gasteiger partial charge in [0.05, 0.1) is 10.0 Å². The Hall–Kier alpha value is -2.24. The van der Waals surface area contributed by atoms with Crippen LogP contribution in [0.1, 0.15) is 29.5 Å². The molecule has 0 aromatic heterocycles. The quantitative estimate of drug-likeness (QED) is 0.545. The number of nitrogens with zero attached hydrogens (tertiary/aromatic N) is 3. The van der Waals surface area contributed by atoms with Crippen LogP contribution in [0.15, 0.2) is 47.5 Å². The number of guanidine groups is 1. The molecule has 0 spiro atoms. The number of amides is 1. The predicted octanol–water partition coefficient (Wildman–Crippen LogP) is 4.32. The highest BCUT2D eigenvalue weighted by Gasteiger charge is 2.19. The maximum absolute atomic E-state index is 11.8. The van der Waals surface area contributed by atoms with Crippen molar-refractivity contribution in [1.29, 1.82) is 0 Å². The number of nitrogens with one attached hydrogen (secondary N) is 1. The Bertz CT molecular complexity index is 883. The summed E-state index contributed by atoms with van der Waals surface area (Å²) >= 11 is 12.1. The molecular formula is C22H26Cl2N4O. The minimum atomic E-state index is 0.254. The van der Waals surface area contributed by atoms with E-state index in [0.717, 1.165) is 35.6 Å². The Morgan fingerprint density at radius 2 is 1.79 bits per heavy atom. The van der Waals surface area contributed by atoms with Crippen molar-refractivity contribution < 1.29 is 4.79 Å². The highest BCUT2D eigenvalue weighted by molar-refractivity contribution is 6.42. The molecule has 0 saturated carbocycles. The van der Waals surface area contributed by atoms with Gasteiger partial charge in [0.2, 0.25) is 5.91 Å². The van der Waals surface area contributed by atoms with Gasteiger partial charge in [-0.3, -0.25) is 9.79 Å². The molecule has 5 nitrogen and oxygen atoms in total. The molecule has 1 fully saturated rings. The van der Waals surface area contributed by atoms with Crippen LogP contribution in [0.25, 0.3) is 0 Å². The largest absolute Gasteiger partial charge is 0.352 e. The molecule has 1 amide bonds. The fourth-order valence-corrected chi connectivity index (χ4v) is 3.73. The van der Waals surface area contributed by atoms with Gasteiger partial charge in [0, 0.05) is 46.7 Å². The van der Waals surface area contributed by atoms with Gasteiger partial charge in [-0.2, -0.15) is 0 Å². The van der Waals surface area contributed by atoms with Gasteiger partial charge in [0.25, 0.3) is 0 Å². The van der Waals surface area contributed by atoms with Crippen LogP contribution in [0.5, 0.6) is 0 Å². The molecule has 1 saturated heterocycles. The lowest BCUT2D eigenvalue weighted by Crippen LogP contribution is -2.38. The molecule has 7 heteroatoms. The van der Waals surface area contributed by atoms with Crippen LogP contribution in [0, 0.1) is 0 Å². The number of hydrogen-bond acceptors (Lipinski definition) is 2. The molecule has 0 bridgehead atoms. The van der Waals surface area contributed by atoms with Crippen molar-refractivity contribution in [3.05, 3.63) is 69.2 Å². The van der Waals surface area contributed by atoms with Gasteiger partial charge in [-0.15, -0.1) is 0 Å². The van der Waals surface area contributed by atoms with E-state index < -0.39 is 0 Å². The lowest BCUT2D eigenvalue weighted by Gasteiger charge is -2.22. The second-order valence-corrected chi connectivity index (χ2v) is 8.06. The second-order valence-electron chi connectivity index (χ2n) is 7.24. The van der Waals surface area contributed by atoms with Gasteiger partial charge in [-0.1, -0.05) is 53.5 Å². The van der Waals surface area contributed by atoms with E-state index in [1.165, 1.54) is 0 Å². The Morgan fingerprint density at radius 1 is 1.10 bits per heavy atom. The number of aliphatic imine (C=N–C) groups is 1. The van der Waals surface area contributed by atoms with Crippen LogP contribution in [0.3, 0.4) is 0 Å². The summed E-state index contributed by atoms with van der Waals surface area (Å²) in [6.07, 6.45) is 1.65. The molecule has 1 aliphatic heterocycles. The number of halogens is 2. The molecule has 2 aromatic carbocycles. The van der Waals surface area contributed by atoms with Crippen molar-refractivity contribution >= 4 is 35.1 Å². The van der Waals surface area contributed by atoms with E-state index in [2.05, 4.69) is 34.6 Å². The highest BCUT2D eigenvalue weighted by atomic mass is 35.5. The monoisotopic (exact) mass is 432 g/mol. The van der Waals surface area contributed by atoms with Gasteiger partial charge in [0.1, 0.15) is 0 Å². The van der Waals surface area contributed by atoms with Crippen LogP contribution in [0.4, 0.5) is 0 Å². The molecule has 1 N–H and O–H groups in total. The van der Waals surface area contributed by atoms with E-state index in [1.54, 1.807) is 13.1 Å². The molecule has 29 heavy (non-hydrogen) atoms. The summed E-state index contributed by atoms with van der Waals surface area (Å²) in [5, 5.41) is 4.49. The fraction of sp³-hybridized carbons (Fsp3) is 0.364. The lowest BCUT2D eigenvalue weighted by molar-refractivity contribution is -0.128. The van der Waals surface area contributed by atoms with Crippen molar-refractivity contribution in [2.24, 2.45) is 4.99 Å². The predicted molar refractivity (Wildman–Crippen MR) is 119 cm³/mol. The minimum absolute atomic E-state index is 0.254. The molecule has 0 radical (unpaired) electrons. The molecule has 0 unspecified atom stereocenters. The van der Waals surface area contributed by atoms with Gasteiger partial charge in [0.15, 0.2) is 5.96 Å². The highest BCUT2D eigenvalue weighted by Crippen LogP contribution is 2.23. The number of rotatable bonds is 6. The summed E-state index contributed by atoms with van der Waals surface area (Å²) in [5.41, 5.74) is 3.38.